The molecule has 6 heteroatoms. The van der Waals surface area contributed by atoms with E-state index in [2.05, 4.69) is 20.9 Å². The minimum Gasteiger partial charge on any atom is -0.402 e. The van der Waals surface area contributed by atoms with E-state index in [0.717, 1.165) is 0 Å². The topological polar surface area (TPSA) is 38.7 Å². The summed E-state index contributed by atoms with van der Waals surface area (Å²) in [5.41, 5.74) is 0.704. The molecule has 0 saturated heterocycles. The van der Waals surface area contributed by atoms with Crippen molar-refractivity contribution in [3.8, 4) is 0 Å². The summed E-state index contributed by atoms with van der Waals surface area (Å²) in [5.74, 6) is -1.71. The van der Waals surface area contributed by atoms with Gasteiger partial charge in [0.2, 0.25) is 5.90 Å². The number of halogens is 3. The van der Waals surface area contributed by atoms with Gasteiger partial charge in [0.25, 0.3) is 0 Å². The normalized spacial score (nSPS) is 15.9. The van der Waals surface area contributed by atoms with E-state index in [4.69, 9.17) is 4.74 Å². The monoisotopic (exact) mass is 363 g/mol. The predicted octanol–water partition coefficient (Wildman–Crippen LogP) is 4.07. The molecule has 2 aromatic carbocycles. The zero-order valence-electron chi connectivity index (χ0n) is 11.0. The van der Waals surface area contributed by atoms with Gasteiger partial charge in [0.1, 0.15) is 11.6 Å². The van der Waals surface area contributed by atoms with E-state index in [0.29, 0.717) is 5.56 Å². The molecule has 0 saturated carbocycles. The zero-order valence-corrected chi connectivity index (χ0v) is 12.6. The van der Waals surface area contributed by atoms with Crippen molar-refractivity contribution in [2.75, 3.05) is 0 Å². The van der Waals surface area contributed by atoms with Crippen LogP contribution in [0.1, 0.15) is 11.1 Å². The summed E-state index contributed by atoms with van der Waals surface area (Å²) in [4.78, 5) is 15.8. The lowest BCUT2D eigenvalue weighted by Crippen LogP contribution is -2.07. The Morgan fingerprint density at radius 1 is 1.09 bits per heavy atom. The van der Waals surface area contributed by atoms with Gasteiger partial charge in [-0.05, 0) is 51.8 Å². The molecular weight excluding hydrogens is 356 g/mol. The van der Waals surface area contributed by atoms with Crippen molar-refractivity contribution in [2.45, 2.75) is 0 Å². The number of ether oxygens (including phenoxy) is 1. The highest BCUT2D eigenvalue weighted by atomic mass is 79.9. The standard InChI is InChI=1S/C16H8BrF2NO2/c17-11-7-9(5-6-13(11)19)8-14-16(21)22-15(20-14)10-3-1-2-4-12(10)18/h1-8H/b14-8-. The largest absolute Gasteiger partial charge is 0.402 e. The number of esters is 1. The number of hydrogen-bond acceptors (Lipinski definition) is 3. The van der Waals surface area contributed by atoms with Gasteiger partial charge in [-0.15, -0.1) is 0 Å². The van der Waals surface area contributed by atoms with E-state index in [1.54, 1.807) is 6.07 Å². The summed E-state index contributed by atoms with van der Waals surface area (Å²) in [6, 6.07) is 10.1. The summed E-state index contributed by atoms with van der Waals surface area (Å²) in [5, 5.41) is 0. The third kappa shape index (κ3) is 2.82. The van der Waals surface area contributed by atoms with Crippen LogP contribution in [0.4, 0.5) is 8.78 Å². The first-order valence-electron chi connectivity index (χ1n) is 6.27. The lowest BCUT2D eigenvalue weighted by molar-refractivity contribution is -0.129. The average molecular weight is 364 g/mol. The smallest absolute Gasteiger partial charge is 0.363 e. The molecule has 0 spiro atoms. The molecule has 0 bridgehead atoms. The van der Waals surface area contributed by atoms with Crippen LogP contribution in [-0.4, -0.2) is 11.9 Å². The van der Waals surface area contributed by atoms with Crippen LogP contribution in [0, 0.1) is 11.6 Å². The molecule has 1 aliphatic heterocycles. The molecule has 0 aromatic heterocycles. The van der Waals surface area contributed by atoms with Crippen molar-refractivity contribution < 1.29 is 18.3 Å². The Kier molecular flexibility index (Phi) is 3.85. The SMILES string of the molecule is O=C1OC(c2ccccc2F)=N/C1=C\c1ccc(F)c(Br)c1. The van der Waals surface area contributed by atoms with Crippen LogP contribution >= 0.6 is 15.9 Å². The zero-order chi connectivity index (χ0) is 15.7. The molecule has 0 amide bonds. The molecule has 0 fully saturated rings. The third-order valence-corrected chi connectivity index (χ3v) is 3.58. The number of cyclic esters (lactones) is 1. The summed E-state index contributed by atoms with van der Waals surface area (Å²) >= 11 is 3.06. The Hall–Kier alpha value is -2.34. The first-order valence-corrected chi connectivity index (χ1v) is 7.06. The molecule has 22 heavy (non-hydrogen) atoms. The molecule has 0 unspecified atom stereocenters. The maximum atomic E-state index is 13.7. The van der Waals surface area contributed by atoms with Gasteiger partial charge in [0.05, 0.1) is 10.0 Å². The van der Waals surface area contributed by atoms with E-state index in [1.807, 2.05) is 0 Å². The number of carbonyl (C=O) groups excluding carboxylic acids is 1. The summed E-state index contributed by atoms with van der Waals surface area (Å²) in [6.45, 7) is 0. The van der Waals surface area contributed by atoms with Crippen molar-refractivity contribution >= 4 is 33.9 Å². The second-order valence-electron chi connectivity index (χ2n) is 4.49. The van der Waals surface area contributed by atoms with Gasteiger partial charge in [-0.1, -0.05) is 18.2 Å². The molecule has 3 rings (SSSR count). The molecule has 110 valence electrons. The van der Waals surface area contributed by atoms with Crippen LogP contribution in [0.5, 0.6) is 0 Å². The van der Waals surface area contributed by atoms with E-state index in [9.17, 15) is 13.6 Å². The van der Waals surface area contributed by atoms with Crippen LogP contribution in [0.3, 0.4) is 0 Å². The third-order valence-electron chi connectivity index (χ3n) is 2.97. The summed E-state index contributed by atoms with van der Waals surface area (Å²) in [6.07, 6.45) is 1.44. The van der Waals surface area contributed by atoms with Crippen LogP contribution in [-0.2, 0) is 9.53 Å². The van der Waals surface area contributed by atoms with Crippen LogP contribution in [0.15, 0.2) is 57.6 Å². The first kappa shape index (κ1) is 14.6. The molecule has 1 heterocycles. The second kappa shape index (κ2) is 5.81. The molecule has 0 atom stereocenters. The fourth-order valence-electron chi connectivity index (χ4n) is 1.92. The van der Waals surface area contributed by atoms with Gasteiger partial charge < -0.3 is 4.74 Å². The predicted molar refractivity (Wildman–Crippen MR) is 81.1 cm³/mol. The molecule has 3 nitrogen and oxygen atoms in total. The summed E-state index contributed by atoms with van der Waals surface area (Å²) < 4.78 is 32.1. The fourth-order valence-corrected chi connectivity index (χ4v) is 2.32. The van der Waals surface area contributed by atoms with Crippen molar-refractivity contribution in [1.29, 1.82) is 0 Å². The van der Waals surface area contributed by atoms with E-state index < -0.39 is 17.6 Å². The number of rotatable bonds is 2. The van der Waals surface area contributed by atoms with Gasteiger partial charge in [-0.3, -0.25) is 0 Å². The van der Waals surface area contributed by atoms with Gasteiger partial charge in [0, 0.05) is 0 Å². The maximum Gasteiger partial charge on any atom is 0.363 e. The molecule has 0 radical (unpaired) electrons. The second-order valence-corrected chi connectivity index (χ2v) is 5.34. The van der Waals surface area contributed by atoms with Gasteiger partial charge in [0.15, 0.2) is 5.70 Å². The summed E-state index contributed by atoms with van der Waals surface area (Å²) in [7, 11) is 0. The highest BCUT2D eigenvalue weighted by Gasteiger charge is 2.25. The Labute approximate surface area is 133 Å². The Morgan fingerprint density at radius 3 is 2.59 bits per heavy atom. The van der Waals surface area contributed by atoms with Crippen molar-refractivity contribution in [2.24, 2.45) is 4.99 Å². The number of benzene rings is 2. The van der Waals surface area contributed by atoms with Crippen molar-refractivity contribution in [3.63, 3.8) is 0 Å². The number of nitrogens with zero attached hydrogens (tertiary/aromatic N) is 1. The van der Waals surface area contributed by atoms with E-state index in [-0.39, 0.29) is 21.6 Å². The van der Waals surface area contributed by atoms with Gasteiger partial charge in [-0.2, -0.15) is 0 Å². The van der Waals surface area contributed by atoms with E-state index in [1.165, 1.54) is 42.5 Å². The van der Waals surface area contributed by atoms with Crippen LogP contribution in [0.2, 0.25) is 0 Å². The van der Waals surface area contributed by atoms with Crippen molar-refractivity contribution in [1.82, 2.24) is 0 Å². The molecule has 2 aromatic rings. The highest BCUT2D eigenvalue weighted by Crippen LogP contribution is 2.23. The van der Waals surface area contributed by atoms with Crippen LogP contribution in [0.25, 0.3) is 6.08 Å². The number of aliphatic imine (C=N–C) groups is 1. The highest BCUT2D eigenvalue weighted by molar-refractivity contribution is 9.10. The Bertz CT molecular complexity index is 831. The molecule has 0 N–H and O–H groups in total. The molecule has 1 aliphatic rings. The minimum atomic E-state index is -0.682. The lowest BCUT2D eigenvalue weighted by Gasteiger charge is -1.99. The number of carbonyl (C=O) groups is 1. The molecular formula is C16H8BrF2NO2. The Morgan fingerprint density at radius 2 is 1.86 bits per heavy atom. The van der Waals surface area contributed by atoms with Gasteiger partial charge in [-0.25, -0.2) is 18.6 Å². The van der Waals surface area contributed by atoms with E-state index >= 15 is 0 Å². The van der Waals surface area contributed by atoms with Crippen LogP contribution < -0.4 is 0 Å². The van der Waals surface area contributed by atoms with Gasteiger partial charge >= 0.3 is 5.97 Å². The Balaban J connectivity index is 1.98. The quantitative estimate of drug-likeness (QED) is 0.595. The lowest BCUT2D eigenvalue weighted by atomic mass is 10.2. The fraction of sp³-hybridized carbons (Fsp3) is 0. The number of hydrogen-bond donors (Lipinski definition) is 0. The average Bonchev–Trinajstić information content (AvgIpc) is 2.84. The molecule has 0 aliphatic carbocycles. The maximum absolute atomic E-state index is 13.7. The first-order chi connectivity index (χ1) is 10.5. The van der Waals surface area contributed by atoms with Crippen molar-refractivity contribution in [3.05, 3.63) is 75.4 Å². The minimum absolute atomic E-state index is 0.0248.